The summed E-state index contributed by atoms with van der Waals surface area (Å²) in [6, 6.07) is 8.29. The lowest BCUT2D eigenvalue weighted by molar-refractivity contribution is -0.109. The second-order valence-electron chi connectivity index (χ2n) is 4.51. The smallest absolute Gasteiger partial charge is 0.127 e. The van der Waals surface area contributed by atoms with Gasteiger partial charge in [0.2, 0.25) is 0 Å². The summed E-state index contributed by atoms with van der Waals surface area (Å²) in [4.78, 5) is 11.1. The van der Waals surface area contributed by atoms with Crippen molar-refractivity contribution in [3.63, 3.8) is 0 Å². The Kier molecular flexibility index (Phi) is 5.84. The standard InChI is InChI=1S/C15H22O/c1-3-4-5-6-9-15(12-16)14-10-7-8-13(2)11-14/h7-8,10-12,15H,3-6,9H2,1-2H3/t15-/m1/s1. The maximum Gasteiger partial charge on any atom is 0.127 e. The van der Waals surface area contributed by atoms with Crippen LogP contribution in [0.15, 0.2) is 24.3 Å². The minimum Gasteiger partial charge on any atom is -0.303 e. The third kappa shape index (κ3) is 4.18. The maximum absolute atomic E-state index is 11.1. The lowest BCUT2D eigenvalue weighted by Crippen LogP contribution is -2.00. The second kappa shape index (κ2) is 7.21. The number of benzene rings is 1. The summed E-state index contributed by atoms with van der Waals surface area (Å²) in [6.45, 7) is 4.28. The first-order chi connectivity index (χ1) is 7.77. The molecule has 0 N–H and O–H groups in total. The van der Waals surface area contributed by atoms with Gasteiger partial charge in [0.25, 0.3) is 0 Å². The highest BCUT2D eigenvalue weighted by atomic mass is 16.1. The molecular weight excluding hydrogens is 196 g/mol. The summed E-state index contributed by atoms with van der Waals surface area (Å²) in [5.74, 6) is 0.0942. The molecule has 1 rings (SSSR count). The first-order valence-corrected chi connectivity index (χ1v) is 6.29. The number of carbonyl (C=O) groups excluding carboxylic acids is 1. The fourth-order valence-corrected chi connectivity index (χ4v) is 2.01. The van der Waals surface area contributed by atoms with Gasteiger partial charge in [0.1, 0.15) is 6.29 Å². The van der Waals surface area contributed by atoms with Gasteiger partial charge in [-0.25, -0.2) is 0 Å². The van der Waals surface area contributed by atoms with Crippen LogP contribution in [0.1, 0.15) is 56.1 Å². The quantitative estimate of drug-likeness (QED) is 0.494. The Morgan fingerprint density at radius 3 is 2.69 bits per heavy atom. The molecule has 88 valence electrons. The van der Waals surface area contributed by atoms with E-state index < -0.39 is 0 Å². The van der Waals surface area contributed by atoms with E-state index in [1.165, 1.54) is 30.4 Å². The molecule has 0 fully saturated rings. The van der Waals surface area contributed by atoms with Crippen LogP contribution in [0.2, 0.25) is 0 Å². The summed E-state index contributed by atoms with van der Waals surface area (Å²) < 4.78 is 0. The molecule has 0 aliphatic rings. The third-order valence-corrected chi connectivity index (χ3v) is 3.00. The minimum atomic E-state index is 0.0942. The Labute approximate surface area is 98.9 Å². The van der Waals surface area contributed by atoms with Crippen LogP contribution in [-0.4, -0.2) is 6.29 Å². The van der Waals surface area contributed by atoms with Crippen LogP contribution >= 0.6 is 0 Å². The zero-order valence-electron chi connectivity index (χ0n) is 10.4. The predicted molar refractivity (Wildman–Crippen MR) is 68.7 cm³/mol. The van der Waals surface area contributed by atoms with Gasteiger partial charge in [0.15, 0.2) is 0 Å². The van der Waals surface area contributed by atoms with E-state index in [-0.39, 0.29) is 5.92 Å². The Morgan fingerprint density at radius 1 is 1.25 bits per heavy atom. The van der Waals surface area contributed by atoms with Crippen LogP contribution in [0.25, 0.3) is 0 Å². The van der Waals surface area contributed by atoms with Crippen molar-refractivity contribution >= 4 is 6.29 Å². The van der Waals surface area contributed by atoms with E-state index in [0.717, 1.165) is 19.1 Å². The molecule has 0 spiro atoms. The largest absolute Gasteiger partial charge is 0.303 e. The normalized spacial score (nSPS) is 12.4. The number of unbranched alkanes of at least 4 members (excludes halogenated alkanes) is 3. The van der Waals surface area contributed by atoms with E-state index in [4.69, 9.17) is 0 Å². The van der Waals surface area contributed by atoms with Crippen LogP contribution in [0, 0.1) is 6.92 Å². The molecule has 0 aliphatic carbocycles. The predicted octanol–water partition coefficient (Wildman–Crippen LogP) is 4.25. The van der Waals surface area contributed by atoms with E-state index in [0.29, 0.717) is 0 Å². The fourth-order valence-electron chi connectivity index (χ4n) is 2.01. The Hall–Kier alpha value is -1.11. The zero-order chi connectivity index (χ0) is 11.8. The lowest BCUT2D eigenvalue weighted by Gasteiger charge is -2.11. The molecule has 0 saturated heterocycles. The summed E-state index contributed by atoms with van der Waals surface area (Å²) in [6.07, 6.45) is 7.01. The number of hydrogen-bond acceptors (Lipinski definition) is 1. The molecule has 0 unspecified atom stereocenters. The van der Waals surface area contributed by atoms with Crippen molar-refractivity contribution in [2.45, 2.75) is 51.9 Å². The van der Waals surface area contributed by atoms with Gasteiger partial charge >= 0.3 is 0 Å². The van der Waals surface area contributed by atoms with E-state index >= 15 is 0 Å². The first-order valence-electron chi connectivity index (χ1n) is 6.29. The van der Waals surface area contributed by atoms with Crippen molar-refractivity contribution < 1.29 is 4.79 Å². The summed E-state index contributed by atoms with van der Waals surface area (Å²) in [5, 5.41) is 0. The number of hydrogen-bond donors (Lipinski definition) is 0. The van der Waals surface area contributed by atoms with Crippen molar-refractivity contribution in [1.82, 2.24) is 0 Å². The zero-order valence-corrected chi connectivity index (χ0v) is 10.4. The molecule has 0 saturated carbocycles. The molecule has 0 radical (unpaired) electrons. The van der Waals surface area contributed by atoms with E-state index in [2.05, 4.69) is 32.0 Å². The molecule has 1 atom stereocenters. The van der Waals surface area contributed by atoms with Crippen LogP contribution in [0.3, 0.4) is 0 Å². The first kappa shape index (κ1) is 13.0. The Bertz CT molecular complexity index is 317. The van der Waals surface area contributed by atoms with Crippen LogP contribution in [0.5, 0.6) is 0 Å². The average Bonchev–Trinajstić information content (AvgIpc) is 2.29. The van der Waals surface area contributed by atoms with Gasteiger partial charge in [-0.2, -0.15) is 0 Å². The van der Waals surface area contributed by atoms with Gasteiger partial charge in [-0.3, -0.25) is 0 Å². The van der Waals surface area contributed by atoms with Gasteiger partial charge in [-0.05, 0) is 18.9 Å². The van der Waals surface area contributed by atoms with Gasteiger partial charge in [0, 0.05) is 5.92 Å². The third-order valence-electron chi connectivity index (χ3n) is 3.00. The van der Waals surface area contributed by atoms with Crippen molar-refractivity contribution in [2.75, 3.05) is 0 Å². The molecular formula is C15H22O. The van der Waals surface area contributed by atoms with Gasteiger partial charge < -0.3 is 4.79 Å². The SMILES string of the molecule is CCCCCC[C@H](C=O)c1cccc(C)c1. The van der Waals surface area contributed by atoms with E-state index in [9.17, 15) is 4.79 Å². The van der Waals surface area contributed by atoms with Gasteiger partial charge in [-0.1, -0.05) is 62.4 Å². The topological polar surface area (TPSA) is 17.1 Å². The summed E-state index contributed by atoms with van der Waals surface area (Å²) in [7, 11) is 0. The van der Waals surface area contributed by atoms with Crippen molar-refractivity contribution in [1.29, 1.82) is 0 Å². The molecule has 0 heterocycles. The summed E-state index contributed by atoms with van der Waals surface area (Å²) in [5.41, 5.74) is 2.41. The van der Waals surface area contributed by atoms with Crippen LogP contribution in [0.4, 0.5) is 0 Å². The molecule has 0 aromatic heterocycles. The minimum absolute atomic E-state index is 0.0942. The highest BCUT2D eigenvalue weighted by molar-refractivity contribution is 5.62. The molecule has 1 aromatic rings. The highest BCUT2D eigenvalue weighted by Gasteiger charge is 2.09. The number of carbonyl (C=O) groups is 1. The molecule has 1 heteroatoms. The van der Waals surface area contributed by atoms with Gasteiger partial charge in [0.05, 0.1) is 0 Å². The molecule has 1 nitrogen and oxygen atoms in total. The lowest BCUT2D eigenvalue weighted by atomic mass is 9.93. The Balaban J connectivity index is 2.50. The molecule has 1 aromatic carbocycles. The number of rotatable bonds is 7. The fraction of sp³-hybridized carbons (Fsp3) is 0.533. The highest BCUT2D eigenvalue weighted by Crippen LogP contribution is 2.21. The number of aldehydes is 1. The van der Waals surface area contributed by atoms with Crippen molar-refractivity contribution in [3.8, 4) is 0 Å². The van der Waals surface area contributed by atoms with E-state index in [1.807, 2.05) is 6.07 Å². The molecule has 0 aliphatic heterocycles. The van der Waals surface area contributed by atoms with Gasteiger partial charge in [-0.15, -0.1) is 0 Å². The van der Waals surface area contributed by atoms with Crippen molar-refractivity contribution in [3.05, 3.63) is 35.4 Å². The maximum atomic E-state index is 11.1. The summed E-state index contributed by atoms with van der Waals surface area (Å²) >= 11 is 0. The van der Waals surface area contributed by atoms with Crippen molar-refractivity contribution in [2.24, 2.45) is 0 Å². The molecule has 16 heavy (non-hydrogen) atoms. The monoisotopic (exact) mass is 218 g/mol. The average molecular weight is 218 g/mol. The Morgan fingerprint density at radius 2 is 2.06 bits per heavy atom. The molecule has 0 amide bonds. The van der Waals surface area contributed by atoms with E-state index in [1.54, 1.807) is 0 Å². The van der Waals surface area contributed by atoms with Crippen LogP contribution < -0.4 is 0 Å². The number of aryl methyl sites for hydroxylation is 1. The second-order valence-corrected chi connectivity index (χ2v) is 4.51. The molecule has 0 bridgehead atoms. The van der Waals surface area contributed by atoms with Crippen LogP contribution in [-0.2, 0) is 4.79 Å².